The first-order valence-corrected chi connectivity index (χ1v) is 10.7. The van der Waals surface area contributed by atoms with Crippen LogP contribution in [0.2, 0.25) is 0 Å². The summed E-state index contributed by atoms with van der Waals surface area (Å²) in [6.45, 7) is 13.3. The lowest BCUT2D eigenvalue weighted by Crippen LogP contribution is -2.64. The Bertz CT molecular complexity index is 742. The fourth-order valence-corrected chi connectivity index (χ4v) is 6.35. The Hall–Kier alpha value is -1.21. The highest BCUT2D eigenvalue weighted by molar-refractivity contribution is 5.91. The lowest BCUT2D eigenvalue weighted by atomic mass is 9.45. The third-order valence-corrected chi connectivity index (χ3v) is 8.10. The molecule has 2 aliphatic heterocycles. The summed E-state index contributed by atoms with van der Waals surface area (Å²) in [7, 11) is 0. The Kier molecular flexibility index (Phi) is 5.01. The first kappa shape index (κ1) is 21.0. The molecule has 7 atom stereocenters. The van der Waals surface area contributed by atoms with E-state index < -0.39 is 24.0 Å². The van der Waals surface area contributed by atoms with Gasteiger partial charge in [-0.1, -0.05) is 26.5 Å². The molecule has 2 saturated carbocycles. The standard InChI is InChI=1S/C23H34O6/c1-13-15(7-6-14-17(25)11-27-20(14)26)22(4)9-8-19-23(5,18(22)10-16(13)24)12-28-21(2,3)29-19/h6,15-19,24-25H,1,7-12H2,2-5H3/b14-6+. The normalized spacial score (nSPS) is 48.2. The largest absolute Gasteiger partial charge is 0.459 e. The van der Waals surface area contributed by atoms with Gasteiger partial charge in [-0.15, -0.1) is 0 Å². The van der Waals surface area contributed by atoms with Gasteiger partial charge in [-0.25, -0.2) is 4.79 Å². The van der Waals surface area contributed by atoms with Crippen molar-refractivity contribution in [1.29, 1.82) is 0 Å². The number of cyclic esters (lactones) is 1. The molecule has 0 amide bonds. The molecule has 162 valence electrons. The average molecular weight is 407 g/mol. The zero-order valence-corrected chi connectivity index (χ0v) is 17.9. The molecule has 0 radical (unpaired) electrons. The molecule has 7 unspecified atom stereocenters. The van der Waals surface area contributed by atoms with Gasteiger partial charge in [-0.3, -0.25) is 0 Å². The number of hydrogen-bond acceptors (Lipinski definition) is 6. The van der Waals surface area contributed by atoms with Crippen LogP contribution in [0.4, 0.5) is 0 Å². The van der Waals surface area contributed by atoms with Crippen molar-refractivity contribution < 1.29 is 29.2 Å². The molecule has 0 aromatic rings. The van der Waals surface area contributed by atoms with Gasteiger partial charge in [0.2, 0.25) is 0 Å². The van der Waals surface area contributed by atoms with Crippen molar-refractivity contribution in [2.24, 2.45) is 22.7 Å². The van der Waals surface area contributed by atoms with Gasteiger partial charge in [0.05, 0.1) is 24.4 Å². The molecule has 6 heteroatoms. The Labute approximate surface area is 172 Å². The summed E-state index contributed by atoms with van der Waals surface area (Å²) < 4.78 is 17.3. The minimum atomic E-state index is -0.872. The van der Waals surface area contributed by atoms with E-state index in [-0.39, 0.29) is 35.4 Å². The number of carbonyl (C=O) groups excluding carboxylic acids is 1. The van der Waals surface area contributed by atoms with Crippen LogP contribution in [0.25, 0.3) is 0 Å². The van der Waals surface area contributed by atoms with E-state index in [1.54, 1.807) is 6.08 Å². The van der Waals surface area contributed by atoms with E-state index in [1.165, 1.54) is 0 Å². The molecule has 4 rings (SSSR count). The highest BCUT2D eigenvalue weighted by Crippen LogP contribution is 2.63. The molecule has 0 aromatic heterocycles. The number of hydrogen-bond donors (Lipinski definition) is 2. The van der Waals surface area contributed by atoms with Crippen molar-refractivity contribution in [2.45, 2.75) is 77.5 Å². The summed E-state index contributed by atoms with van der Waals surface area (Å²) in [5.74, 6) is -0.822. The fourth-order valence-electron chi connectivity index (χ4n) is 6.35. The molecule has 6 nitrogen and oxygen atoms in total. The molecule has 2 saturated heterocycles. The number of rotatable bonds is 2. The second-order valence-corrected chi connectivity index (χ2v) is 10.3. The maximum atomic E-state index is 11.9. The lowest BCUT2D eigenvalue weighted by Gasteiger charge is -2.64. The van der Waals surface area contributed by atoms with E-state index in [1.807, 2.05) is 13.8 Å². The molecule has 4 aliphatic rings. The molecular weight excluding hydrogens is 372 g/mol. The maximum absolute atomic E-state index is 11.9. The molecule has 4 fully saturated rings. The van der Waals surface area contributed by atoms with Crippen LogP contribution in [0.15, 0.2) is 23.8 Å². The Morgan fingerprint density at radius 1 is 1.17 bits per heavy atom. The number of esters is 1. The molecular formula is C23H34O6. The number of allylic oxidation sites excluding steroid dienone is 1. The highest BCUT2D eigenvalue weighted by Gasteiger charge is 2.62. The fraction of sp³-hybridized carbons (Fsp3) is 0.783. The van der Waals surface area contributed by atoms with Crippen LogP contribution >= 0.6 is 0 Å². The predicted molar refractivity (Wildman–Crippen MR) is 107 cm³/mol. The van der Waals surface area contributed by atoms with Crippen molar-refractivity contribution in [3.63, 3.8) is 0 Å². The number of ether oxygens (including phenoxy) is 3. The minimum Gasteiger partial charge on any atom is -0.459 e. The van der Waals surface area contributed by atoms with Crippen LogP contribution in [-0.2, 0) is 19.0 Å². The third-order valence-electron chi connectivity index (χ3n) is 8.10. The van der Waals surface area contributed by atoms with Crippen LogP contribution in [0, 0.1) is 22.7 Å². The maximum Gasteiger partial charge on any atom is 0.336 e. The molecule has 0 spiro atoms. The topological polar surface area (TPSA) is 85.2 Å². The average Bonchev–Trinajstić information content (AvgIpc) is 2.96. The van der Waals surface area contributed by atoms with Gasteiger partial charge < -0.3 is 24.4 Å². The first-order valence-electron chi connectivity index (χ1n) is 10.7. The van der Waals surface area contributed by atoms with E-state index in [4.69, 9.17) is 14.2 Å². The van der Waals surface area contributed by atoms with Crippen molar-refractivity contribution >= 4 is 5.97 Å². The van der Waals surface area contributed by atoms with Gasteiger partial charge in [0.25, 0.3) is 0 Å². The Morgan fingerprint density at radius 2 is 1.90 bits per heavy atom. The highest BCUT2D eigenvalue weighted by atomic mass is 16.7. The summed E-state index contributed by atoms with van der Waals surface area (Å²) in [6, 6.07) is 0. The van der Waals surface area contributed by atoms with Crippen LogP contribution < -0.4 is 0 Å². The van der Waals surface area contributed by atoms with Gasteiger partial charge >= 0.3 is 5.97 Å². The zero-order chi connectivity index (χ0) is 21.2. The molecule has 2 heterocycles. The van der Waals surface area contributed by atoms with E-state index >= 15 is 0 Å². The van der Waals surface area contributed by atoms with Crippen molar-refractivity contribution in [2.75, 3.05) is 13.2 Å². The van der Waals surface area contributed by atoms with E-state index in [2.05, 4.69) is 20.4 Å². The Balaban J connectivity index is 1.65. The van der Waals surface area contributed by atoms with Gasteiger partial charge in [0, 0.05) is 5.41 Å². The van der Waals surface area contributed by atoms with Gasteiger partial charge in [-0.05, 0) is 62.4 Å². The van der Waals surface area contributed by atoms with E-state index in [0.29, 0.717) is 25.0 Å². The first-order chi connectivity index (χ1) is 13.5. The zero-order valence-electron chi connectivity index (χ0n) is 17.9. The van der Waals surface area contributed by atoms with Gasteiger partial charge in [0.1, 0.15) is 12.7 Å². The number of aliphatic hydroxyl groups is 2. The monoisotopic (exact) mass is 406 g/mol. The number of fused-ring (bicyclic) bond motifs is 3. The van der Waals surface area contributed by atoms with Crippen molar-refractivity contribution in [3.05, 3.63) is 23.8 Å². The third kappa shape index (κ3) is 3.29. The van der Waals surface area contributed by atoms with Crippen LogP contribution in [0.1, 0.15) is 53.4 Å². The van der Waals surface area contributed by atoms with Crippen molar-refractivity contribution in [3.8, 4) is 0 Å². The molecule has 29 heavy (non-hydrogen) atoms. The Morgan fingerprint density at radius 3 is 2.55 bits per heavy atom. The predicted octanol–water partition coefficient (Wildman–Crippen LogP) is 2.73. The summed E-state index contributed by atoms with van der Waals surface area (Å²) in [5, 5.41) is 20.9. The second-order valence-electron chi connectivity index (χ2n) is 10.3. The summed E-state index contributed by atoms with van der Waals surface area (Å²) in [6.07, 6.45) is 3.50. The van der Waals surface area contributed by atoms with E-state index in [0.717, 1.165) is 18.4 Å². The quantitative estimate of drug-likeness (QED) is 0.417. The van der Waals surface area contributed by atoms with Gasteiger partial charge in [-0.2, -0.15) is 0 Å². The smallest absolute Gasteiger partial charge is 0.336 e. The molecule has 2 N–H and O–H groups in total. The lowest BCUT2D eigenvalue weighted by molar-refractivity contribution is -0.345. The summed E-state index contributed by atoms with van der Waals surface area (Å²) in [5.41, 5.74) is 0.854. The molecule has 0 bridgehead atoms. The SMILES string of the molecule is C=C1C(O)CC2C3(C)COC(C)(C)OC3CCC2(C)C1C/C=C1/C(=O)OCC1O. The summed E-state index contributed by atoms with van der Waals surface area (Å²) in [4.78, 5) is 11.9. The van der Waals surface area contributed by atoms with Crippen LogP contribution in [0.3, 0.4) is 0 Å². The minimum absolute atomic E-state index is 0.0112. The van der Waals surface area contributed by atoms with Crippen LogP contribution in [-0.4, -0.2) is 53.5 Å². The second kappa shape index (κ2) is 6.91. The molecule has 0 aromatic carbocycles. The van der Waals surface area contributed by atoms with Crippen LogP contribution in [0.5, 0.6) is 0 Å². The molecule has 2 aliphatic carbocycles. The van der Waals surface area contributed by atoms with Crippen molar-refractivity contribution in [1.82, 2.24) is 0 Å². The van der Waals surface area contributed by atoms with Gasteiger partial charge in [0.15, 0.2) is 5.79 Å². The number of carbonyl (C=O) groups is 1. The number of aliphatic hydroxyl groups excluding tert-OH is 2. The van der Waals surface area contributed by atoms with E-state index in [9.17, 15) is 15.0 Å². The summed E-state index contributed by atoms with van der Waals surface area (Å²) >= 11 is 0.